The number of benzene rings is 1. The second kappa shape index (κ2) is 5.06. The first-order valence-corrected chi connectivity index (χ1v) is 5.80. The molecule has 0 amide bonds. The van der Waals surface area contributed by atoms with Crippen molar-refractivity contribution in [2.45, 2.75) is 25.8 Å². The molecule has 0 spiro atoms. The fourth-order valence-corrected chi connectivity index (χ4v) is 1.85. The molecule has 1 aromatic carbocycles. The smallest absolute Gasteiger partial charge is 0.163 e. The van der Waals surface area contributed by atoms with Gasteiger partial charge in [0, 0.05) is 35.8 Å². The van der Waals surface area contributed by atoms with Crippen LogP contribution >= 0.6 is 0 Å². The van der Waals surface area contributed by atoms with Crippen molar-refractivity contribution >= 4 is 16.6 Å². The largest absolute Gasteiger partial charge is 0.328 e. The van der Waals surface area contributed by atoms with Gasteiger partial charge in [0.2, 0.25) is 0 Å². The molecule has 0 fully saturated rings. The maximum absolute atomic E-state index is 12.1. The molecule has 0 aliphatic carbocycles. The number of hydrogen-bond acceptors (Lipinski definition) is 3. The highest BCUT2D eigenvalue weighted by Crippen LogP contribution is 2.19. The quantitative estimate of drug-likeness (QED) is 0.818. The number of carbonyl (C=O) groups is 1. The number of pyridine rings is 1. The molecule has 2 aromatic rings. The molecule has 3 nitrogen and oxygen atoms in total. The second-order valence-electron chi connectivity index (χ2n) is 4.34. The summed E-state index contributed by atoms with van der Waals surface area (Å²) in [6.45, 7) is 1.91. The third-order valence-electron chi connectivity index (χ3n) is 2.81. The van der Waals surface area contributed by atoms with E-state index in [2.05, 4.69) is 4.98 Å². The Morgan fingerprint density at radius 2 is 2.24 bits per heavy atom. The van der Waals surface area contributed by atoms with Crippen molar-refractivity contribution in [3.8, 4) is 0 Å². The average Bonchev–Trinajstić information content (AvgIpc) is 2.35. The first-order chi connectivity index (χ1) is 8.18. The molecule has 0 saturated carbocycles. The van der Waals surface area contributed by atoms with Crippen molar-refractivity contribution in [1.29, 1.82) is 0 Å². The van der Waals surface area contributed by atoms with Crippen LogP contribution in [-0.2, 0) is 0 Å². The zero-order valence-corrected chi connectivity index (χ0v) is 9.89. The van der Waals surface area contributed by atoms with Crippen LogP contribution < -0.4 is 5.73 Å². The van der Waals surface area contributed by atoms with Crippen molar-refractivity contribution in [2.75, 3.05) is 0 Å². The SMILES string of the molecule is CC(N)CCC(=O)c1cccc2ccncc12. The first kappa shape index (κ1) is 11.7. The monoisotopic (exact) mass is 228 g/mol. The Labute approximate surface area is 101 Å². The summed E-state index contributed by atoms with van der Waals surface area (Å²) in [6, 6.07) is 7.72. The predicted molar refractivity (Wildman–Crippen MR) is 69.0 cm³/mol. The predicted octanol–water partition coefficient (Wildman–Crippen LogP) is 2.54. The Balaban J connectivity index is 2.32. The van der Waals surface area contributed by atoms with Gasteiger partial charge in [0.15, 0.2) is 5.78 Å². The Bertz CT molecular complexity index is 529. The Kier molecular flexibility index (Phi) is 3.49. The Hall–Kier alpha value is -1.74. The first-order valence-electron chi connectivity index (χ1n) is 5.80. The van der Waals surface area contributed by atoms with Gasteiger partial charge in [-0.25, -0.2) is 0 Å². The molecule has 0 saturated heterocycles. The van der Waals surface area contributed by atoms with E-state index in [-0.39, 0.29) is 11.8 Å². The fraction of sp³-hybridized carbons (Fsp3) is 0.286. The van der Waals surface area contributed by atoms with Crippen molar-refractivity contribution in [2.24, 2.45) is 5.73 Å². The molecule has 2 rings (SSSR count). The van der Waals surface area contributed by atoms with Crippen LogP contribution in [-0.4, -0.2) is 16.8 Å². The molecule has 0 bridgehead atoms. The summed E-state index contributed by atoms with van der Waals surface area (Å²) in [5.41, 5.74) is 6.41. The summed E-state index contributed by atoms with van der Waals surface area (Å²) in [5.74, 6) is 0.140. The van der Waals surface area contributed by atoms with Gasteiger partial charge in [-0.2, -0.15) is 0 Å². The summed E-state index contributed by atoms with van der Waals surface area (Å²) in [6.07, 6.45) is 4.69. The van der Waals surface area contributed by atoms with Crippen LogP contribution in [0.4, 0.5) is 0 Å². The zero-order valence-electron chi connectivity index (χ0n) is 9.89. The molecular weight excluding hydrogens is 212 g/mol. The molecular formula is C14H16N2O. The van der Waals surface area contributed by atoms with Gasteiger partial charge in [0.1, 0.15) is 0 Å². The molecule has 1 atom stereocenters. The average molecular weight is 228 g/mol. The molecule has 17 heavy (non-hydrogen) atoms. The molecule has 1 unspecified atom stereocenters. The van der Waals surface area contributed by atoms with Crippen LogP contribution in [0.25, 0.3) is 10.8 Å². The summed E-state index contributed by atoms with van der Waals surface area (Å²) >= 11 is 0. The maximum atomic E-state index is 12.1. The van der Waals surface area contributed by atoms with Crippen LogP contribution in [0.2, 0.25) is 0 Å². The van der Waals surface area contributed by atoms with E-state index in [1.807, 2.05) is 31.2 Å². The minimum atomic E-state index is 0.0621. The lowest BCUT2D eigenvalue weighted by Gasteiger charge is -2.06. The van der Waals surface area contributed by atoms with Crippen molar-refractivity contribution in [3.63, 3.8) is 0 Å². The second-order valence-corrected chi connectivity index (χ2v) is 4.34. The lowest BCUT2D eigenvalue weighted by atomic mass is 9.99. The number of hydrogen-bond donors (Lipinski definition) is 1. The van der Waals surface area contributed by atoms with Crippen molar-refractivity contribution < 1.29 is 4.79 Å². The number of aromatic nitrogens is 1. The van der Waals surface area contributed by atoms with E-state index in [9.17, 15) is 4.79 Å². The number of ketones is 1. The lowest BCUT2D eigenvalue weighted by molar-refractivity contribution is 0.0979. The summed E-state index contributed by atoms with van der Waals surface area (Å²) in [4.78, 5) is 16.2. The van der Waals surface area contributed by atoms with Crippen LogP contribution in [0.3, 0.4) is 0 Å². The van der Waals surface area contributed by atoms with Gasteiger partial charge in [-0.15, -0.1) is 0 Å². The van der Waals surface area contributed by atoms with E-state index in [0.29, 0.717) is 6.42 Å². The minimum absolute atomic E-state index is 0.0621. The molecule has 2 N–H and O–H groups in total. The van der Waals surface area contributed by atoms with Gasteiger partial charge < -0.3 is 5.73 Å². The van der Waals surface area contributed by atoms with E-state index < -0.39 is 0 Å². The molecule has 0 aliphatic rings. The van der Waals surface area contributed by atoms with Gasteiger partial charge in [-0.05, 0) is 24.8 Å². The Morgan fingerprint density at radius 3 is 3.00 bits per heavy atom. The molecule has 1 aromatic heterocycles. The highest BCUT2D eigenvalue weighted by Gasteiger charge is 2.10. The van der Waals surface area contributed by atoms with Gasteiger partial charge in [0.25, 0.3) is 0 Å². The van der Waals surface area contributed by atoms with E-state index in [0.717, 1.165) is 22.8 Å². The fourth-order valence-electron chi connectivity index (χ4n) is 1.85. The van der Waals surface area contributed by atoms with Crippen molar-refractivity contribution in [1.82, 2.24) is 4.98 Å². The van der Waals surface area contributed by atoms with E-state index in [1.165, 1.54) is 0 Å². The summed E-state index contributed by atoms with van der Waals surface area (Å²) < 4.78 is 0. The van der Waals surface area contributed by atoms with Crippen LogP contribution in [0.5, 0.6) is 0 Å². The number of rotatable bonds is 4. The van der Waals surface area contributed by atoms with Crippen LogP contribution in [0, 0.1) is 0 Å². The maximum Gasteiger partial charge on any atom is 0.163 e. The van der Waals surface area contributed by atoms with Crippen LogP contribution in [0.15, 0.2) is 36.7 Å². The number of nitrogens with two attached hydrogens (primary N) is 1. The van der Waals surface area contributed by atoms with Crippen LogP contribution in [0.1, 0.15) is 30.1 Å². The molecule has 0 radical (unpaired) electrons. The molecule has 1 heterocycles. The van der Waals surface area contributed by atoms with E-state index >= 15 is 0 Å². The third kappa shape index (κ3) is 2.68. The van der Waals surface area contributed by atoms with Gasteiger partial charge >= 0.3 is 0 Å². The number of carbonyl (C=O) groups excluding carboxylic acids is 1. The highest BCUT2D eigenvalue weighted by molar-refractivity contribution is 6.07. The number of Topliss-reactive ketones (excluding diaryl/α,β-unsaturated/α-hetero) is 1. The standard InChI is InChI=1S/C14H16N2O/c1-10(15)5-6-14(17)12-4-2-3-11-7-8-16-9-13(11)12/h2-4,7-10H,5-6,15H2,1H3. The van der Waals surface area contributed by atoms with E-state index in [1.54, 1.807) is 12.4 Å². The molecule has 88 valence electrons. The third-order valence-corrected chi connectivity index (χ3v) is 2.81. The minimum Gasteiger partial charge on any atom is -0.328 e. The summed E-state index contributed by atoms with van der Waals surface area (Å²) in [7, 11) is 0. The van der Waals surface area contributed by atoms with E-state index in [4.69, 9.17) is 5.73 Å². The van der Waals surface area contributed by atoms with Crippen molar-refractivity contribution in [3.05, 3.63) is 42.2 Å². The normalized spacial score (nSPS) is 12.6. The Morgan fingerprint density at radius 1 is 1.41 bits per heavy atom. The number of nitrogens with zero attached hydrogens (tertiary/aromatic N) is 1. The number of fused-ring (bicyclic) bond motifs is 1. The molecule has 0 aliphatic heterocycles. The topological polar surface area (TPSA) is 56.0 Å². The highest BCUT2D eigenvalue weighted by atomic mass is 16.1. The summed E-state index contributed by atoms with van der Waals surface area (Å²) in [5, 5.41) is 1.97. The van der Waals surface area contributed by atoms with Gasteiger partial charge in [-0.3, -0.25) is 9.78 Å². The molecule has 3 heteroatoms. The van der Waals surface area contributed by atoms with Gasteiger partial charge in [-0.1, -0.05) is 18.2 Å². The lowest BCUT2D eigenvalue weighted by Crippen LogP contribution is -2.16. The zero-order chi connectivity index (χ0) is 12.3. The van der Waals surface area contributed by atoms with Gasteiger partial charge in [0.05, 0.1) is 0 Å².